The zero-order chi connectivity index (χ0) is 16.1. The van der Waals surface area contributed by atoms with Crippen molar-refractivity contribution in [2.75, 3.05) is 10.6 Å². The molecule has 0 atom stereocenters. The third kappa shape index (κ3) is 4.09. The van der Waals surface area contributed by atoms with E-state index in [1.54, 1.807) is 18.3 Å². The van der Waals surface area contributed by atoms with Gasteiger partial charge in [-0.3, -0.25) is 4.98 Å². The number of hydrogen-bond acceptors (Lipinski definition) is 5. The van der Waals surface area contributed by atoms with Gasteiger partial charge in [0.25, 0.3) is 0 Å². The molecule has 0 amide bonds. The minimum atomic E-state index is 0.454. The van der Waals surface area contributed by atoms with Gasteiger partial charge < -0.3 is 10.6 Å². The van der Waals surface area contributed by atoms with E-state index in [0.717, 1.165) is 5.69 Å². The lowest BCUT2D eigenvalue weighted by molar-refractivity contribution is 1.02. The topological polar surface area (TPSA) is 62.7 Å². The van der Waals surface area contributed by atoms with Crippen LogP contribution in [0.3, 0.4) is 0 Å². The van der Waals surface area contributed by atoms with Crippen molar-refractivity contribution in [3.05, 3.63) is 70.7 Å². The first kappa shape index (κ1) is 15.5. The number of benzene rings is 1. The molecule has 0 bridgehead atoms. The van der Waals surface area contributed by atoms with Crippen LogP contribution in [-0.4, -0.2) is 15.0 Å². The molecule has 2 aromatic heterocycles. The molecule has 5 nitrogen and oxygen atoms in total. The van der Waals surface area contributed by atoms with Gasteiger partial charge in [-0.2, -0.15) is 0 Å². The van der Waals surface area contributed by atoms with Crippen LogP contribution >= 0.6 is 23.2 Å². The average Bonchev–Trinajstić information content (AvgIpc) is 2.59. The van der Waals surface area contributed by atoms with Crippen LogP contribution < -0.4 is 10.6 Å². The second-order valence-electron chi connectivity index (χ2n) is 4.69. The van der Waals surface area contributed by atoms with Gasteiger partial charge in [0.1, 0.15) is 18.0 Å². The molecular weight excluding hydrogens is 333 g/mol. The summed E-state index contributed by atoms with van der Waals surface area (Å²) in [5.74, 6) is 1.30. The van der Waals surface area contributed by atoms with Crippen LogP contribution in [0.15, 0.2) is 55.0 Å². The maximum atomic E-state index is 6.16. The number of aromatic nitrogens is 3. The Morgan fingerprint density at radius 2 is 1.78 bits per heavy atom. The first-order valence-electron chi connectivity index (χ1n) is 6.89. The number of anilines is 3. The van der Waals surface area contributed by atoms with Crippen LogP contribution in [-0.2, 0) is 6.54 Å². The van der Waals surface area contributed by atoms with E-state index in [1.165, 1.54) is 6.33 Å². The van der Waals surface area contributed by atoms with Gasteiger partial charge in [0.2, 0.25) is 0 Å². The second kappa shape index (κ2) is 7.26. The maximum absolute atomic E-state index is 6.16. The molecule has 0 aliphatic rings. The predicted octanol–water partition coefficient (Wildman–Crippen LogP) is 4.53. The fraction of sp³-hybridized carbons (Fsp3) is 0.0625. The highest BCUT2D eigenvalue weighted by Gasteiger charge is 2.06. The number of nitrogens with zero attached hydrogens (tertiary/aromatic N) is 3. The van der Waals surface area contributed by atoms with E-state index >= 15 is 0 Å². The predicted molar refractivity (Wildman–Crippen MR) is 93.3 cm³/mol. The molecule has 3 aromatic rings. The van der Waals surface area contributed by atoms with E-state index in [2.05, 4.69) is 25.6 Å². The molecule has 7 heteroatoms. The minimum Gasteiger partial charge on any atom is -0.364 e. The monoisotopic (exact) mass is 345 g/mol. The van der Waals surface area contributed by atoms with Crippen molar-refractivity contribution in [2.45, 2.75) is 6.54 Å². The molecule has 0 saturated carbocycles. The highest BCUT2D eigenvalue weighted by molar-refractivity contribution is 6.43. The van der Waals surface area contributed by atoms with Crippen LogP contribution in [0.5, 0.6) is 0 Å². The Balaban J connectivity index is 1.71. The van der Waals surface area contributed by atoms with Crippen LogP contribution in [0, 0.1) is 0 Å². The summed E-state index contributed by atoms with van der Waals surface area (Å²) in [4.78, 5) is 12.6. The number of halogens is 2. The zero-order valence-electron chi connectivity index (χ0n) is 12.0. The molecule has 1 aromatic carbocycles. The molecule has 23 heavy (non-hydrogen) atoms. The summed E-state index contributed by atoms with van der Waals surface area (Å²) in [6.45, 7) is 0.579. The summed E-state index contributed by atoms with van der Waals surface area (Å²) >= 11 is 12.2. The van der Waals surface area contributed by atoms with Crippen LogP contribution in [0.25, 0.3) is 0 Å². The maximum Gasteiger partial charge on any atom is 0.135 e. The smallest absolute Gasteiger partial charge is 0.135 e. The third-order valence-corrected chi connectivity index (χ3v) is 3.88. The van der Waals surface area contributed by atoms with E-state index in [4.69, 9.17) is 23.2 Å². The molecular formula is C16H13Cl2N5. The van der Waals surface area contributed by atoms with Gasteiger partial charge in [0.15, 0.2) is 0 Å². The van der Waals surface area contributed by atoms with Crippen molar-refractivity contribution in [3.63, 3.8) is 0 Å². The Hall–Kier alpha value is -2.37. The Morgan fingerprint density at radius 3 is 2.61 bits per heavy atom. The van der Waals surface area contributed by atoms with Gasteiger partial charge >= 0.3 is 0 Å². The first-order chi connectivity index (χ1) is 11.2. The summed E-state index contributed by atoms with van der Waals surface area (Å²) in [6.07, 6.45) is 3.23. The Labute approximate surface area is 143 Å². The first-order valence-corrected chi connectivity index (χ1v) is 7.65. The molecule has 0 unspecified atom stereocenters. The summed E-state index contributed by atoms with van der Waals surface area (Å²) in [6, 6.07) is 12.9. The molecule has 0 spiro atoms. The normalized spacial score (nSPS) is 10.3. The summed E-state index contributed by atoms with van der Waals surface area (Å²) < 4.78 is 0. The fourth-order valence-electron chi connectivity index (χ4n) is 1.94. The molecule has 0 aliphatic carbocycles. The van der Waals surface area contributed by atoms with Gasteiger partial charge in [-0.1, -0.05) is 35.3 Å². The summed E-state index contributed by atoms with van der Waals surface area (Å²) in [5, 5.41) is 7.27. The molecule has 116 valence electrons. The van der Waals surface area contributed by atoms with Gasteiger partial charge in [-0.15, -0.1) is 0 Å². The lowest BCUT2D eigenvalue weighted by atomic mass is 10.3. The van der Waals surface area contributed by atoms with Gasteiger partial charge in [-0.25, -0.2) is 9.97 Å². The highest BCUT2D eigenvalue weighted by atomic mass is 35.5. The molecule has 0 radical (unpaired) electrons. The summed E-state index contributed by atoms with van der Waals surface area (Å²) in [5.41, 5.74) is 1.62. The van der Waals surface area contributed by atoms with E-state index < -0.39 is 0 Å². The van der Waals surface area contributed by atoms with E-state index in [0.29, 0.717) is 33.9 Å². The van der Waals surface area contributed by atoms with Crippen LogP contribution in [0.2, 0.25) is 10.0 Å². The number of rotatable bonds is 5. The van der Waals surface area contributed by atoms with Crippen molar-refractivity contribution < 1.29 is 0 Å². The van der Waals surface area contributed by atoms with Crippen LogP contribution in [0.1, 0.15) is 5.69 Å². The van der Waals surface area contributed by atoms with E-state index in [9.17, 15) is 0 Å². The van der Waals surface area contributed by atoms with Crippen molar-refractivity contribution in [1.82, 2.24) is 15.0 Å². The van der Waals surface area contributed by atoms with Gasteiger partial charge in [0, 0.05) is 12.3 Å². The van der Waals surface area contributed by atoms with Crippen molar-refractivity contribution >= 4 is 40.5 Å². The number of nitrogens with one attached hydrogen (secondary N) is 2. The average molecular weight is 346 g/mol. The fourth-order valence-corrected chi connectivity index (χ4v) is 2.29. The second-order valence-corrected chi connectivity index (χ2v) is 5.47. The number of hydrogen-bond donors (Lipinski definition) is 2. The molecule has 0 fully saturated rings. The van der Waals surface area contributed by atoms with Gasteiger partial charge in [0.05, 0.1) is 28.0 Å². The summed E-state index contributed by atoms with van der Waals surface area (Å²) in [7, 11) is 0. The lowest BCUT2D eigenvalue weighted by Crippen LogP contribution is -2.04. The van der Waals surface area contributed by atoms with Crippen LogP contribution in [0.4, 0.5) is 17.3 Å². The molecule has 0 saturated heterocycles. The van der Waals surface area contributed by atoms with Crippen molar-refractivity contribution in [3.8, 4) is 0 Å². The molecule has 2 heterocycles. The molecule has 0 aliphatic heterocycles. The zero-order valence-corrected chi connectivity index (χ0v) is 13.5. The minimum absolute atomic E-state index is 0.454. The van der Waals surface area contributed by atoms with Crippen molar-refractivity contribution in [1.29, 1.82) is 0 Å². The quantitative estimate of drug-likeness (QED) is 0.710. The standard InChI is InChI=1S/C16H13Cl2N5/c17-12-5-3-6-13(16(12)18)23-15-8-14(21-10-22-15)20-9-11-4-1-2-7-19-11/h1-8,10H,9H2,(H2,20,21,22,23). The third-order valence-electron chi connectivity index (χ3n) is 3.06. The number of pyridine rings is 1. The van der Waals surface area contributed by atoms with E-state index in [1.807, 2.05) is 30.3 Å². The molecule has 2 N–H and O–H groups in total. The van der Waals surface area contributed by atoms with Crippen molar-refractivity contribution in [2.24, 2.45) is 0 Å². The lowest BCUT2D eigenvalue weighted by Gasteiger charge is -2.10. The van der Waals surface area contributed by atoms with Gasteiger partial charge in [-0.05, 0) is 24.3 Å². The Bertz CT molecular complexity index is 795. The van der Waals surface area contributed by atoms with E-state index in [-0.39, 0.29) is 0 Å². The Kier molecular flexibility index (Phi) is 4.90. The molecule has 3 rings (SSSR count). The largest absolute Gasteiger partial charge is 0.364 e. The highest BCUT2D eigenvalue weighted by Crippen LogP contribution is 2.31. The Morgan fingerprint density at radius 1 is 0.913 bits per heavy atom. The SMILES string of the molecule is Clc1cccc(Nc2cc(NCc3ccccn3)ncn2)c1Cl.